The molecule has 2 rings (SSSR count). The second-order valence-electron chi connectivity index (χ2n) is 4.11. The molecule has 0 bridgehead atoms. The molecule has 0 aliphatic heterocycles. The SMILES string of the molecule is COc1cc(Cl)ccc1C(=O)Nc1ccc(F)c(C#N)c1. The largest absolute Gasteiger partial charge is 0.496 e. The quantitative estimate of drug-likeness (QED) is 0.942. The minimum atomic E-state index is -0.639. The van der Waals surface area contributed by atoms with Crippen LogP contribution in [0.5, 0.6) is 5.75 Å². The molecule has 0 saturated carbocycles. The summed E-state index contributed by atoms with van der Waals surface area (Å²) >= 11 is 5.83. The van der Waals surface area contributed by atoms with E-state index in [2.05, 4.69) is 5.32 Å². The Balaban J connectivity index is 2.28. The lowest BCUT2D eigenvalue weighted by atomic mass is 10.1. The number of nitrogens with zero attached hydrogens (tertiary/aromatic N) is 1. The molecule has 0 aliphatic rings. The molecular formula is C15H10ClFN2O2. The van der Waals surface area contributed by atoms with Gasteiger partial charge < -0.3 is 10.1 Å². The number of halogens is 2. The van der Waals surface area contributed by atoms with Gasteiger partial charge in [0.15, 0.2) is 0 Å². The third-order valence-corrected chi connectivity index (χ3v) is 2.99. The predicted molar refractivity (Wildman–Crippen MR) is 77.1 cm³/mol. The predicted octanol–water partition coefficient (Wildman–Crippen LogP) is 3.61. The van der Waals surface area contributed by atoms with Gasteiger partial charge in [0.2, 0.25) is 0 Å². The van der Waals surface area contributed by atoms with E-state index in [0.717, 1.165) is 6.07 Å². The number of nitriles is 1. The average Bonchev–Trinajstić information content (AvgIpc) is 2.48. The molecule has 106 valence electrons. The fourth-order valence-corrected chi connectivity index (χ4v) is 1.90. The zero-order chi connectivity index (χ0) is 15.4. The van der Waals surface area contributed by atoms with Crippen molar-refractivity contribution in [1.29, 1.82) is 5.26 Å². The number of rotatable bonds is 3. The second kappa shape index (κ2) is 6.25. The monoisotopic (exact) mass is 304 g/mol. The zero-order valence-electron chi connectivity index (χ0n) is 11.0. The Morgan fingerprint density at radius 2 is 2.10 bits per heavy atom. The van der Waals surface area contributed by atoms with Crippen molar-refractivity contribution in [2.24, 2.45) is 0 Å². The number of hydrogen-bond donors (Lipinski definition) is 1. The molecule has 0 heterocycles. The minimum absolute atomic E-state index is 0.143. The van der Waals surface area contributed by atoms with Crippen LogP contribution in [0.15, 0.2) is 36.4 Å². The molecule has 0 unspecified atom stereocenters. The number of hydrogen-bond acceptors (Lipinski definition) is 3. The van der Waals surface area contributed by atoms with E-state index in [1.54, 1.807) is 12.1 Å². The molecule has 1 amide bonds. The van der Waals surface area contributed by atoms with E-state index in [9.17, 15) is 9.18 Å². The normalized spacial score (nSPS) is 9.81. The zero-order valence-corrected chi connectivity index (χ0v) is 11.7. The molecule has 4 nitrogen and oxygen atoms in total. The fraction of sp³-hybridized carbons (Fsp3) is 0.0667. The van der Waals surface area contributed by atoms with E-state index < -0.39 is 11.7 Å². The van der Waals surface area contributed by atoms with Crippen LogP contribution in [-0.4, -0.2) is 13.0 Å². The van der Waals surface area contributed by atoms with Crippen molar-refractivity contribution in [2.45, 2.75) is 0 Å². The molecular weight excluding hydrogens is 295 g/mol. The van der Waals surface area contributed by atoms with Gasteiger partial charge in [-0.25, -0.2) is 4.39 Å². The third-order valence-electron chi connectivity index (χ3n) is 2.75. The number of ether oxygens (including phenoxy) is 1. The van der Waals surface area contributed by atoms with Crippen molar-refractivity contribution in [2.75, 3.05) is 12.4 Å². The first-order chi connectivity index (χ1) is 10.0. The number of anilines is 1. The molecule has 0 spiro atoms. The highest BCUT2D eigenvalue weighted by molar-refractivity contribution is 6.31. The summed E-state index contributed by atoms with van der Waals surface area (Å²) in [4.78, 5) is 12.2. The summed E-state index contributed by atoms with van der Waals surface area (Å²) in [6.07, 6.45) is 0. The van der Waals surface area contributed by atoms with Crippen molar-refractivity contribution in [3.8, 4) is 11.8 Å². The van der Waals surface area contributed by atoms with Crippen LogP contribution in [0.4, 0.5) is 10.1 Å². The summed E-state index contributed by atoms with van der Waals surface area (Å²) in [6, 6.07) is 10.1. The van der Waals surface area contributed by atoms with Crippen LogP contribution in [-0.2, 0) is 0 Å². The van der Waals surface area contributed by atoms with Crippen molar-refractivity contribution in [1.82, 2.24) is 0 Å². The molecule has 2 aromatic carbocycles. The Labute approximate surface area is 125 Å². The van der Waals surface area contributed by atoms with Crippen LogP contribution in [0.2, 0.25) is 5.02 Å². The van der Waals surface area contributed by atoms with Crippen LogP contribution in [0, 0.1) is 17.1 Å². The number of benzene rings is 2. The Bertz CT molecular complexity index is 741. The summed E-state index contributed by atoms with van der Waals surface area (Å²) in [7, 11) is 1.42. The summed E-state index contributed by atoms with van der Waals surface area (Å²) in [6.45, 7) is 0. The second-order valence-corrected chi connectivity index (χ2v) is 4.54. The minimum Gasteiger partial charge on any atom is -0.496 e. The van der Waals surface area contributed by atoms with Gasteiger partial charge in [0.25, 0.3) is 5.91 Å². The first-order valence-electron chi connectivity index (χ1n) is 5.89. The molecule has 0 fully saturated rings. The molecule has 1 N–H and O–H groups in total. The van der Waals surface area contributed by atoms with E-state index in [4.69, 9.17) is 21.6 Å². The molecule has 21 heavy (non-hydrogen) atoms. The number of amides is 1. The summed E-state index contributed by atoms with van der Waals surface area (Å²) < 4.78 is 18.3. The Kier molecular flexibility index (Phi) is 4.41. The topological polar surface area (TPSA) is 62.1 Å². The van der Waals surface area contributed by atoms with Gasteiger partial charge >= 0.3 is 0 Å². The maximum atomic E-state index is 13.2. The van der Waals surface area contributed by atoms with E-state index in [1.165, 1.54) is 31.4 Å². The van der Waals surface area contributed by atoms with Crippen LogP contribution < -0.4 is 10.1 Å². The van der Waals surface area contributed by atoms with Gasteiger partial charge in [-0.15, -0.1) is 0 Å². The Morgan fingerprint density at radius 3 is 2.76 bits per heavy atom. The van der Waals surface area contributed by atoms with Crippen LogP contribution in [0.1, 0.15) is 15.9 Å². The Hall–Kier alpha value is -2.58. The standard InChI is InChI=1S/C15H10ClFN2O2/c1-21-14-7-10(16)2-4-12(14)15(20)19-11-3-5-13(17)9(6-11)8-18/h2-7H,1H3,(H,19,20). The lowest BCUT2D eigenvalue weighted by Crippen LogP contribution is -2.13. The van der Waals surface area contributed by atoms with Gasteiger partial charge in [0, 0.05) is 10.7 Å². The smallest absolute Gasteiger partial charge is 0.259 e. The summed E-state index contributed by atoms with van der Waals surface area (Å²) in [5, 5.41) is 11.8. The van der Waals surface area contributed by atoms with Crippen molar-refractivity contribution >= 4 is 23.2 Å². The first kappa shape index (κ1) is 14.8. The lowest BCUT2D eigenvalue weighted by molar-refractivity contribution is 0.102. The molecule has 0 atom stereocenters. The maximum Gasteiger partial charge on any atom is 0.259 e. The van der Waals surface area contributed by atoms with E-state index >= 15 is 0 Å². The van der Waals surface area contributed by atoms with Gasteiger partial charge in [-0.1, -0.05) is 11.6 Å². The van der Waals surface area contributed by atoms with Gasteiger partial charge in [0.1, 0.15) is 17.6 Å². The van der Waals surface area contributed by atoms with Crippen molar-refractivity contribution < 1.29 is 13.9 Å². The third kappa shape index (κ3) is 3.30. The van der Waals surface area contributed by atoms with Crippen LogP contribution in [0.25, 0.3) is 0 Å². The van der Waals surface area contributed by atoms with E-state index in [1.807, 2.05) is 0 Å². The average molecular weight is 305 g/mol. The Morgan fingerprint density at radius 1 is 1.33 bits per heavy atom. The highest BCUT2D eigenvalue weighted by atomic mass is 35.5. The van der Waals surface area contributed by atoms with E-state index in [-0.39, 0.29) is 11.1 Å². The first-order valence-corrected chi connectivity index (χ1v) is 6.27. The summed E-state index contributed by atoms with van der Waals surface area (Å²) in [5.41, 5.74) is 0.454. The molecule has 2 aromatic rings. The number of nitrogens with one attached hydrogen (secondary N) is 1. The molecule has 0 saturated heterocycles. The van der Waals surface area contributed by atoms with Gasteiger partial charge in [-0.2, -0.15) is 5.26 Å². The van der Waals surface area contributed by atoms with Crippen molar-refractivity contribution in [3.63, 3.8) is 0 Å². The highest BCUT2D eigenvalue weighted by Gasteiger charge is 2.13. The van der Waals surface area contributed by atoms with Gasteiger partial charge in [-0.3, -0.25) is 4.79 Å². The van der Waals surface area contributed by atoms with Crippen molar-refractivity contribution in [3.05, 3.63) is 58.4 Å². The fourth-order valence-electron chi connectivity index (χ4n) is 1.74. The lowest BCUT2D eigenvalue weighted by Gasteiger charge is -2.10. The molecule has 6 heteroatoms. The van der Waals surface area contributed by atoms with E-state index in [0.29, 0.717) is 16.5 Å². The van der Waals surface area contributed by atoms with Crippen LogP contribution >= 0.6 is 11.6 Å². The highest BCUT2D eigenvalue weighted by Crippen LogP contribution is 2.24. The number of carbonyl (C=O) groups excluding carboxylic acids is 1. The molecule has 0 aromatic heterocycles. The molecule has 0 radical (unpaired) electrons. The maximum absolute atomic E-state index is 13.2. The summed E-state index contributed by atoms with van der Waals surface area (Å²) in [5.74, 6) is -0.763. The molecule has 0 aliphatic carbocycles. The van der Waals surface area contributed by atoms with Crippen LogP contribution in [0.3, 0.4) is 0 Å². The van der Waals surface area contributed by atoms with Gasteiger partial charge in [0.05, 0.1) is 18.2 Å². The number of methoxy groups -OCH3 is 1. The van der Waals surface area contributed by atoms with Gasteiger partial charge in [-0.05, 0) is 36.4 Å². The number of carbonyl (C=O) groups is 1.